The van der Waals surface area contributed by atoms with E-state index in [1.807, 2.05) is 0 Å². The highest BCUT2D eigenvalue weighted by Gasteiger charge is 2.09. The van der Waals surface area contributed by atoms with Gasteiger partial charge in [-0.3, -0.25) is 9.59 Å². The van der Waals surface area contributed by atoms with Gasteiger partial charge in [0.25, 0.3) is 0 Å². The van der Waals surface area contributed by atoms with Crippen molar-refractivity contribution in [1.29, 1.82) is 0 Å². The Hall–Kier alpha value is -1.36. The van der Waals surface area contributed by atoms with E-state index >= 15 is 0 Å². The van der Waals surface area contributed by atoms with Gasteiger partial charge in [-0.1, -0.05) is 15.9 Å². The Morgan fingerprint density at radius 3 is 2.36 bits per heavy atom. The second kappa shape index (κ2) is 4.76. The van der Waals surface area contributed by atoms with Gasteiger partial charge in [0.2, 0.25) is 0 Å². The molecular formula is C9H7BrO4. The summed E-state index contributed by atoms with van der Waals surface area (Å²) in [7, 11) is 0. The van der Waals surface area contributed by atoms with Crippen LogP contribution in [-0.4, -0.2) is 17.0 Å². The number of carbonyl (C=O) groups excluding carboxylic acids is 1. The van der Waals surface area contributed by atoms with E-state index in [9.17, 15) is 9.59 Å². The van der Waals surface area contributed by atoms with Crippen molar-refractivity contribution >= 4 is 27.9 Å². The van der Waals surface area contributed by atoms with Crippen LogP contribution in [0, 0.1) is 0 Å². The van der Waals surface area contributed by atoms with Gasteiger partial charge in [0.1, 0.15) is 12.2 Å². The number of ether oxygens (including phenoxy) is 1. The molecular weight excluding hydrogens is 252 g/mol. The standard InChI is InChI=1S/C9H7BrO4/c10-6-1-3-7(4-2-6)14-9(13)5-8(11)12/h1-4H,5H2,(H,11,12). The molecule has 0 saturated heterocycles. The zero-order chi connectivity index (χ0) is 10.6. The first-order valence-corrected chi connectivity index (χ1v) is 4.55. The third kappa shape index (κ3) is 3.57. The number of benzene rings is 1. The van der Waals surface area contributed by atoms with Crippen molar-refractivity contribution in [3.05, 3.63) is 28.7 Å². The molecule has 1 aromatic carbocycles. The maximum absolute atomic E-state index is 10.9. The van der Waals surface area contributed by atoms with Crippen molar-refractivity contribution in [3.63, 3.8) is 0 Å². The van der Waals surface area contributed by atoms with Gasteiger partial charge in [0.15, 0.2) is 0 Å². The number of hydrogen-bond acceptors (Lipinski definition) is 3. The predicted octanol–water partition coefficient (Wildman–Crippen LogP) is 1.83. The lowest BCUT2D eigenvalue weighted by atomic mass is 10.3. The Labute approximate surface area is 88.6 Å². The average molecular weight is 259 g/mol. The minimum atomic E-state index is -1.20. The summed E-state index contributed by atoms with van der Waals surface area (Å²) in [5.41, 5.74) is 0. The summed E-state index contributed by atoms with van der Waals surface area (Å²) in [6.45, 7) is 0. The quantitative estimate of drug-likeness (QED) is 0.511. The SMILES string of the molecule is O=C(O)CC(=O)Oc1ccc(Br)cc1. The Kier molecular flexibility index (Phi) is 3.64. The van der Waals surface area contributed by atoms with Crippen LogP contribution < -0.4 is 4.74 Å². The summed E-state index contributed by atoms with van der Waals surface area (Å²) in [4.78, 5) is 21.0. The first-order chi connectivity index (χ1) is 6.58. The zero-order valence-corrected chi connectivity index (χ0v) is 8.65. The van der Waals surface area contributed by atoms with Crippen LogP contribution in [-0.2, 0) is 9.59 Å². The molecule has 0 aliphatic rings. The summed E-state index contributed by atoms with van der Waals surface area (Å²) < 4.78 is 5.60. The molecule has 0 spiro atoms. The van der Waals surface area contributed by atoms with Crippen molar-refractivity contribution in [2.75, 3.05) is 0 Å². The number of rotatable bonds is 3. The molecule has 0 aliphatic carbocycles. The maximum atomic E-state index is 10.9. The highest BCUT2D eigenvalue weighted by Crippen LogP contribution is 2.16. The van der Waals surface area contributed by atoms with Crippen LogP contribution in [0.3, 0.4) is 0 Å². The Balaban J connectivity index is 2.56. The monoisotopic (exact) mass is 258 g/mol. The number of carboxylic acids is 1. The Bertz CT molecular complexity index is 344. The second-order valence-corrected chi connectivity index (χ2v) is 3.41. The van der Waals surface area contributed by atoms with Crippen molar-refractivity contribution in [2.24, 2.45) is 0 Å². The molecule has 0 bridgehead atoms. The first-order valence-electron chi connectivity index (χ1n) is 3.76. The molecule has 14 heavy (non-hydrogen) atoms. The molecule has 1 aromatic rings. The highest BCUT2D eigenvalue weighted by atomic mass is 79.9. The van der Waals surface area contributed by atoms with E-state index in [-0.39, 0.29) is 0 Å². The number of hydrogen-bond donors (Lipinski definition) is 1. The van der Waals surface area contributed by atoms with E-state index in [2.05, 4.69) is 15.9 Å². The number of carbonyl (C=O) groups is 2. The fourth-order valence-electron chi connectivity index (χ4n) is 0.794. The molecule has 0 aromatic heterocycles. The fourth-order valence-corrected chi connectivity index (χ4v) is 1.06. The number of esters is 1. The summed E-state index contributed by atoms with van der Waals surface area (Å²) in [6.07, 6.45) is -0.629. The molecule has 0 aliphatic heterocycles. The van der Waals surface area contributed by atoms with Gasteiger partial charge in [-0.15, -0.1) is 0 Å². The van der Waals surface area contributed by atoms with Crippen molar-refractivity contribution in [2.45, 2.75) is 6.42 Å². The molecule has 4 nitrogen and oxygen atoms in total. The summed E-state index contributed by atoms with van der Waals surface area (Å²) in [5, 5.41) is 8.30. The van der Waals surface area contributed by atoms with Gasteiger partial charge in [-0.05, 0) is 24.3 Å². The molecule has 5 heteroatoms. The van der Waals surface area contributed by atoms with Gasteiger partial charge in [-0.25, -0.2) is 0 Å². The number of carboxylic acid groups (broad SMARTS) is 1. The molecule has 1 N–H and O–H groups in total. The normalized spacial score (nSPS) is 9.50. The predicted molar refractivity (Wildman–Crippen MR) is 52.0 cm³/mol. The Morgan fingerprint density at radius 1 is 1.29 bits per heavy atom. The van der Waals surface area contributed by atoms with Crippen LogP contribution in [0.25, 0.3) is 0 Å². The second-order valence-electron chi connectivity index (χ2n) is 2.50. The van der Waals surface area contributed by atoms with E-state index in [1.54, 1.807) is 24.3 Å². The van der Waals surface area contributed by atoms with Gasteiger partial charge >= 0.3 is 11.9 Å². The third-order valence-corrected chi connectivity index (χ3v) is 1.87. The zero-order valence-electron chi connectivity index (χ0n) is 7.07. The van der Waals surface area contributed by atoms with Crippen LogP contribution in [0.15, 0.2) is 28.7 Å². The van der Waals surface area contributed by atoms with E-state index < -0.39 is 18.4 Å². The van der Waals surface area contributed by atoms with E-state index in [4.69, 9.17) is 9.84 Å². The molecule has 74 valence electrons. The summed E-state index contributed by atoms with van der Waals surface area (Å²) in [6, 6.07) is 6.54. The summed E-state index contributed by atoms with van der Waals surface area (Å²) in [5.74, 6) is -1.65. The molecule has 1 rings (SSSR count). The highest BCUT2D eigenvalue weighted by molar-refractivity contribution is 9.10. The third-order valence-electron chi connectivity index (χ3n) is 1.34. The van der Waals surface area contributed by atoms with Gasteiger partial charge in [0, 0.05) is 4.47 Å². The average Bonchev–Trinajstić information content (AvgIpc) is 2.07. The minimum Gasteiger partial charge on any atom is -0.481 e. The van der Waals surface area contributed by atoms with Crippen molar-refractivity contribution in [1.82, 2.24) is 0 Å². The lowest BCUT2D eigenvalue weighted by molar-refractivity contribution is -0.145. The van der Waals surface area contributed by atoms with Gasteiger partial charge in [-0.2, -0.15) is 0 Å². The fraction of sp³-hybridized carbons (Fsp3) is 0.111. The smallest absolute Gasteiger partial charge is 0.322 e. The van der Waals surface area contributed by atoms with Crippen LogP contribution >= 0.6 is 15.9 Å². The Morgan fingerprint density at radius 2 is 1.86 bits per heavy atom. The lowest BCUT2D eigenvalue weighted by Gasteiger charge is -2.01. The molecule has 0 unspecified atom stereocenters. The van der Waals surface area contributed by atoms with Crippen molar-refractivity contribution in [3.8, 4) is 5.75 Å². The minimum absolute atomic E-state index is 0.333. The van der Waals surface area contributed by atoms with Crippen molar-refractivity contribution < 1.29 is 19.4 Å². The van der Waals surface area contributed by atoms with Gasteiger partial charge < -0.3 is 9.84 Å². The van der Waals surface area contributed by atoms with Crippen LogP contribution in [0.1, 0.15) is 6.42 Å². The molecule has 0 heterocycles. The van der Waals surface area contributed by atoms with E-state index in [0.717, 1.165) is 4.47 Å². The first kappa shape index (κ1) is 10.7. The number of halogens is 1. The van der Waals surface area contributed by atoms with Crippen LogP contribution in [0.5, 0.6) is 5.75 Å². The molecule has 0 radical (unpaired) electrons. The van der Waals surface area contributed by atoms with E-state index in [1.165, 1.54) is 0 Å². The molecule has 0 amide bonds. The molecule has 0 saturated carbocycles. The topological polar surface area (TPSA) is 63.6 Å². The van der Waals surface area contributed by atoms with Crippen LogP contribution in [0.4, 0.5) is 0 Å². The maximum Gasteiger partial charge on any atom is 0.322 e. The molecule has 0 fully saturated rings. The van der Waals surface area contributed by atoms with Crippen LogP contribution in [0.2, 0.25) is 0 Å². The lowest BCUT2D eigenvalue weighted by Crippen LogP contribution is -2.13. The molecule has 0 atom stereocenters. The van der Waals surface area contributed by atoms with E-state index in [0.29, 0.717) is 5.75 Å². The largest absolute Gasteiger partial charge is 0.481 e. The number of aliphatic carboxylic acids is 1. The summed E-state index contributed by atoms with van der Waals surface area (Å²) >= 11 is 3.22. The van der Waals surface area contributed by atoms with Gasteiger partial charge in [0.05, 0.1) is 0 Å².